The Morgan fingerprint density at radius 3 is 2.76 bits per heavy atom. The average Bonchev–Trinajstić information content (AvgIpc) is 2.64. The van der Waals surface area contributed by atoms with Gasteiger partial charge in [0.2, 0.25) is 5.28 Å². The second-order valence-corrected chi connectivity index (χ2v) is 5.07. The molecule has 1 aromatic heterocycles. The molecule has 1 heterocycles. The predicted octanol–water partition coefficient (Wildman–Crippen LogP) is 4.06. The number of aryl methyl sites for hydroxylation is 1. The van der Waals surface area contributed by atoms with Gasteiger partial charge in [-0.1, -0.05) is 17.7 Å². The van der Waals surface area contributed by atoms with Crippen LogP contribution in [0, 0.1) is 0 Å². The number of hydrogen-bond donors (Lipinski definition) is 0. The van der Waals surface area contributed by atoms with Gasteiger partial charge in [-0.05, 0) is 55.5 Å². The normalized spacial score (nSPS) is 14.7. The van der Waals surface area contributed by atoms with E-state index in [9.17, 15) is 0 Å². The summed E-state index contributed by atoms with van der Waals surface area (Å²) in [7, 11) is 0. The van der Waals surface area contributed by atoms with E-state index in [-0.39, 0.29) is 0 Å². The van der Waals surface area contributed by atoms with Gasteiger partial charge in [0.25, 0.3) is 0 Å². The summed E-state index contributed by atoms with van der Waals surface area (Å²) in [5.41, 5.74) is 3.38. The van der Waals surface area contributed by atoms with E-state index in [1.165, 1.54) is 18.5 Å². The number of nitrogens with zero attached hydrogens (tertiary/aromatic N) is 2. The first-order valence-electron chi connectivity index (χ1n) is 5.77. The predicted molar refractivity (Wildman–Crippen MR) is 70.2 cm³/mol. The molecule has 1 aliphatic rings. The van der Waals surface area contributed by atoms with Gasteiger partial charge >= 0.3 is 0 Å². The molecule has 1 aliphatic carbocycles. The Balaban J connectivity index is 2.17. The van der Waals surface area contributed by atoms with E-state index in [1.807, 2.05) is 28.8 Å². The molecule has 0 amide bonds. The summed E-state index contributed by atoms with van der Waals surface area (Å²) in [5.74, 6) is 0. The van der Waals surface area contributed by atoms with Gasteiger partial charge in [-0.15, -0.1) is 0 Å². The Labute approximate surface area is 110 Å². The molecule has 0 saturated heterocycles. The van der Waals surface area contributed by atoms with Gasteiger partial charge in [-0.3, -0.25) is 4.57 Å². The standard InChI is InChI=1S/C13H12Cl2N2/c14-9-4-3-5-10(8-9)17-12-7-2-1-6-11(12)16-13(17)15/h3-5,8H,1-2,6-7H2. The van der Waals surface area contributed by atoms with Gasteiger partial charge in [0.05, 0.1) is 5.69 Å². The van der Waals surface area contributed by atoms with Crippen molar-refractivity contribution in [1.82, 2.24) is 9.55 Å². The van der Waals surface area contributed by atoms with Crippen LogP contribution in [0.2, 0.25) is 10.3 Å². The zero-order valence-corrected chi connectivity index (χ0v) is 10.8. The van der Waals surface area contributed by atoms with E-state index in [0.717, 1.165) is 29.2 Å². The Morgan fingerprint density at radius 1 is 1.12 bits per heavy atom. The molecule has 0 spiro atoms. The number of hydrogen-bond acceptors (Lipinski definition) is 1. The van der Waals surface area contributed by atoms with E-state index in [0.29, 0.717) is 5.28 Å². The van der Waals surface area contributed by atoms with Crippen molar-refractivity contribution in [2.45, 2.75) is 25.7 Å². The third kappa shape index (κ3) is 1.96. The highest BCUT2D eigenvalue weighted by Gasteiger charge is 2.19. The fourth-order valence-electron chi connectivity index (χ4n) is 2.39. The SMILES string of the molecule is Clc1cccc(-n2c(Cl)nc3c2CCCC3)c1. The lowest BCUT2D eigenvalue weighted by Gasteiger charge is -2.14. The second kappa shape index (κ2) is 4.35. The van der Waals surface area contributed by atoms with Gasteiger partial charge < -0.3 is 0 Å². The van der Waals surface area contributed by atoms with E-state index in [2.05, 4.69) is 4.98 Å². The van der Waals surface area contributed by atoms with Crippen LogP contribution >= 0.6 is 23.2 Å². The lowest BCUT2D eigenvalue weighted by Crippen LogP contribution is -2.07. The van der Waals surface area contributed by atoms with Crippen LogP contribution in [0.15, 0.2) is 24.3 Å². The van der Waals surface area contributed by atoms with Crippen molar-refractivity contribution in [3.05, 3.63) is 46.0 Å². The van der Waals surface area contributed by atoms with Crippen LogP contribution in [-0.4, -0.2) is 9.55 Å². The Hall–Kier alpha value is -0.990. The van der Waals surface area contributed by atoms with Crippen LogP contribution in [0.25, 0.3) is 5.69 Å². The van der Waals surface area contributed by atoms with Gasteiger partial charge in [-0.25, -0.2) is 4.98 Å². The maximum absolute atomic E-state index is 6.23. The van der Waals surface area contributed by atoms with E-state index in [1.54, 1.807) is 0 Å². The number of benzene rings is 1. The summed E-state index contributed by atoms with van der Waals surface area (Å²) in [4.78, 5) is 4.44. The van der Waals surface area contributed by atoms with Crippen molar-refractivity contribution in [2.75, 3.05) is 0 Å². The van der Waals surface area contributed by atoms with Crippen molar-refractivity contribution in [3.8, 4) is 5.69 Å². The molecule has 4 heteroatoms. The van der Waals surface area contributed by atoms with Crippen LogP contribution in [0.4, 0.5) is 0 Å². The van der Waals surface area contributed by atoms with Crippen LogP contribution in [-0.2, 0) is 12.8 Å². The molecule has 0 bridgehead atoms. The Bertz CT molecular complexity index is 561. The minimum atomic E-state index is 0.541. The van der Waals surface area contributed by atoms with Crippen molar-refractivity contribution in [1.29, 1.82) is 0 Å². The lowest BCUT2D eigenvalue weighted by atomic mass is 10.0. The third-order valence-corrected chi connectivity index (χ3v) is 3.65. The molecule has 0 fully saturated rings. The third-order valence-electron chi connectivity index (χ3n) is 3.16. The van der Waals surface area contributed by atoms with Crippen molar-refractivity contribution < 1.29 is 0 Å². The summed E-state index contributed by atoms with van der Waals surface area (Å²) >= 11 is 12.3. The molecule has 3 rings (SSSR count). The summed E-state index contributed by atoms with van der Waals surface area (Å²) in [6.45, 7) is 0. The molecule has 1 aromatic carbocycles. The number of fused-ring (bicyclic) bond motifs is 1. The molecule has 0 N–H and O–H groups in total. The molecule has 0 unspecified atom stereocenters. The zero-order chi connectivity index (χ0) is 11.8. The highest BCUT2D eigenvalue weighted by molar-refractivity contribution is 6.31. The number of halogens is 2. The first kappa shape index (κ1) is 11.1. The molecule has 17 heavy (non-hydrogen) atoms. The van der Waals surface area contributed by atoms with E-state index >= 15 is 0 Å². The monoisotopic (exact) mass is 266 g/mol. The Morgan fingerprint density at radius 2 is 1.94 bits per heavy atom. The summed E-state index contributed by atoms with van der Waals surface area (Å²) in [6, 6.07) is 7.73. The molecule has 0 atom stereocenters. The summed E-state index contributed by atoms with van der Waals surface area (Å²) < 4.78 is 2.02. The molecular weight excluding hydrogens is 255 g/mol. The van der Waals surface area contributed by atoms with Gasteiger partial charge in [0.15, 0.2) is 0 Å². The first-order valence-corrected chi connectivity index (χ1v) is 6.53. The Kier molecular flexibility index (Phi) is 2.85. The minimum absolute atomic E-state index is 0.541. The molecule has 2 aromatic rings. The first-order chi connectivity index (χ1) is 8.25. The van der Waals surface area contributed by atoms with E-state index in [4.69, 9.17) is 23.2 Å². The van der Waals surface area contributed by atoms with Crippen LogP contribution in [0.3, 0.4) is 0 Å². The van der Waals surface area contributed by atoms with Crippen molar-refractivity contribution in [3.63, 3.8) is 0 Å². The fraction of sp³-hybridized carbons (Fsp3) is 0.308. The van der Waals surface area contributed by atoms with Crippen LogP contribution in [0.5, 0.6) is 0 Å². The highest BCUT2D eigenvalue weighted by atomic mass is 35.5. The molecule has 0 saturated carbocycles. The van der Waals surface area contributed by atoms with E-state index < -0.39 is 0 Å². The quantitative estimate of drug-likeness (QED) is 0.761. The van der Waals surface area contributed by atoms with Crippen molar-refractivity contribution >= 4 is 23.2 Å². The largest absolute Gasteiger partial charge is 0.287 e. The van der Waals surface area contributed by atoms with Crippen LogP contribution in [0.1, 0.15) is 24.2 Å². The molecule has 88 valence electrons. The van der Waals surface area contributed by atoms with Crippen LogP contribution < -0.4 is 0 Å². The lowest BCUT2D eigenvalue weighted by molar-refractivity contribution is 0.656. The molecular formula is C13H12Cl2N2. The van der Waals surface area contributed by atoms with Gasteiger partial charge in [0.1, 0.15) is 0 Å². The fourth-order valence-corrected chi connectivity index (χ4v) is 2.87. The van der Waals surface area contributed by atoms with Gasteiger partial charge in [0, 0.05) is 16.4 Å². The topological polar surface area (TPSA) is 17.8 Å². The minimum Gasteiger partial charge on any atom is -0.287 e. The summed E-state index contributed by atoms with van der Waals surface area (Å²) in [6.07, 6.45) is 4.48. The average molecular weight is 267 g/mol. The summed E-state index contributed by atoms with van der Waals surface area (Å²) in [5, 5.41) is 1.26. The molecule has 2 nitrogen and oxygen atoms in total. The molecule has 0 aliphatic heterocycles. The van der Waals surface area contributed by atoms with Gasteiger partial charge in [-0.2, -0.15) is 0 Å². The number of imidazole rings is 1. The highest BCUT2D eigenvalue weighted by Crippen LogP contribution is 2.28. The number of rotatable bonds is 1. The molecule has 0 radical (unpaired) electrons. The maximum Gasteiger partial charge on any atom is 0.207 e. The second-order valence-electron chi connectivity index (χ2n) is 4.30. The zero-order valence-electron chi connectivity index (χ0n) is 9.29. The maximum atomic E-state index is 6.23. The smallest absolute Gasteiger partial charge is 0.207 e. The number of aromatic nitrogens is 2. The van der Waals surface area contributed by atoms with Crippen molar-refractivity contribution in [2.24, 2.45) is 0 Å².